The quantitative estimate of drug-likeness (QED) is 0.461. The molecule has 0 aliphatic carbocycles. The number of benzene rings is 3. The van der Waals surface area contributed by atoms with Gasteiger partial charge in [0.2, 0.25) is 0 Å². The van der Waals surface area contributed by atoms with Crippen LogP contribution >= 0.6 is 11.6 Å². The average molecular weight is 435 g/mol. The van der Waals surface area contributed by atoms with Crippen LogP contribution in [0.3, 0.4) is 0 Å². The molecule has 6 nitrogen and oxygen atoms in total. The fraction of sp³-hybridized carbons (Fsp3) is 0.0833. The second-order valence-corrected chi connectivity index (χ2v) is 7.24. The van der Waals surface area contributed by atoms with Crippen molar-refractivity contribution in [2.75, 3.05) is 12.1 Å². The monoisotopic (exact) mass is 434 g/mol. The third-order valence-corrected chi connectivity index (χ3v) is 4.93. The maximum absolute atomic E-state index is 12.8. The van der Waals surface area contributed by atoms with Crippen molar-refractivity contribution in [2.24, 2.45) is 0 Å². The van der Waals surface area contributed by atoms with Crippen molar-refractivity contribution >= 4 is 35.2 Å². The molecule has 1 N–H and O–H groups in total. The maximum atomic E-state index is 12.8. The zero-order chi connectivity index (χ0) is 21.8. The number of nitrogens with one attached hydrogen (secondary N) is 1. The minimum atomic E-state index is -0.492. The van der Waals surface area contributed by atoms with Crippen LogP contribution in [-0.2, 0) is 16.2 Å². The molecule has 0 spiro atoms. The van der Waals surface area contributed by atoms with Gasteiger partial charge in [0.05, 0.1) is 12.8 Å². The second kappa shape index (κ2) is 8.93. The average Bonchev–Trinajstić information content (AvgIpc) is 3.07. The van der Waals surface area contributed by atoms with E-state index in [1.165, 1.54) is 18.2 Å². The molecule has 1 fully saturated rings. The number of methoxy groups -OCH3 is 1. The molecule has 7 heteroatoms. The second-order valence-electron chi connectivity index (χ2n) is 6.80. The molecule has 0 aromatic heterocycles. The molecular weight excluding hydrogens is 416 g/mol. The molecule has 156 valence electrons. The molecule has 2 amide bonds. The summed E-state index contributed by atoms with van der Waals surface area (Å²) < 4.78 is 11.3. The van der Waals surface area contributed by atoms with Gasteiger partial charge < -0.3 is 9.47 Å². The predicted molar refractivity (Wildman–Crippen MR) is 119 cm³/mol. The number of hydrogen-bond donors (Lipinski definition) is 1. The molecule has 0 atom stereocenters. The standard InChI is InChI=1S/C24H19ClN2O4/c1-30-22-13-17(10-11-21(22)31-15-16-6-3-2-4-7-16)12-20-23(28)26-27(24(20)29)19-9-5-8-18(25)14-19/h2-14H,15H2,1H3,(H,26,28)/b20-12-. The maximum Gasteiger partial charge on any atom is 0.282 e. The highest BCUT2D eigenvalue weighted by Crippen LogP contribution is 2.31. The van der Waals surface area contributed by atoms with Crippen molar-refractivity contribution in [3.8, 4) is 11.5 Å². The fourth-order valence-electron chi connectivity index (χ4n) is 3.15. The zero-order valence-electron chi connectivity index (χ0n) is 16.7. The first-order valence-corrected chi connectivity index (χ1v) is 9.90. The van der Waals surface area contributed by atoms with Crippen LogP contribution in [-0.4, -0.2) is 18.9 Å². The van der Waals surface area contributed by atoms with Crippen LogP contribution in [0.2, 0.25) is 5.02 Å². The number of amides is 2. The molecule has 1 aliphatic rings. The summed E-state index contributed by atoms with van der Waals surface area (Å²) in [6, 6.07) is 21.7. The molecule has 31 heavy (non-hydrogen) atoms. The van der Waals surface area contributed by atoms with Crippen LogP contribution in [0, 0.1) is 0 Å². The first kappa shape index (κ1) is 20.5. The topological polar surface area (TPSA) is 67.9 Å². The molecule has 0 radical (unpaired) electrons. The van der Waals surface area contributed by atoms with E-state index < -0.39 is 11.8 Å². The minimum absolute atomic E-state index is 0.0139. The molecule has 1 aliphatic heterocycles. The van der Waals surface area contributed by atoms with E-state index in [0.29, 0.717) is 34.4 Å². The Bertz CT molecular complexity index is 1160. The number of halogens is 1. The van der Waals surface area contributed by atoms with Crippen molar-refractivity contribution in [3.63, 3.8) is 0 Å². The Hall–Kier alpha value is -3.77. The number of nitrogens with zero attached hydrogens (tertiary/aromatic N) is 1. The molecule has 1 heterocycles. The number of rotatable bonds is 6. The van der Waals surface area contributed by atoms with E-state index in [4.69, 9.17) is 21.1 Å². The van der Waals surface area contributed by atoms with E-state index >= 15 is 0 Å². The minimum Gasteiger partial charge on any atom is -0.493 e. The van der Waals surface area contributed by atoms with Gasteiger partial charge in [0, 0.05) is 5.02 Å². The number of carbonyl (C=O) groups is 2. The summed E-state index contributed by atoms with van der Waals surface area (Å²) in [5.74, 6) is 0.114. The zero-order valence-corrected chi connectivity index (χ0v) is 17.4. The lowest BCUT2D eigenvalue weighted by molar-refractivity contribution is -0.117. The summed E-state index contributed by atoms with van der Waals surface area (Å²) >= 11 is 6.00. The Labute approximate surface area is 184 Å². The van der Waals surface area contributed by atoms with E-state index in [-0.39, 0.29) is 5.57 Å². The van der Waals surface area contributed by atoms with Gasteiger partial charge in [-0.3, -0.25) is 15.0 Å². The van der Waals surface area contributed by atoms with Gasteiger partial charge in [-0.05, 0) is 47.5 Å². The van der Waals surface area contributed by atoms with E-state index in [0.717, 1.165) is 5.56 Å². The van der Waals surface area contributed by atoms with E-state index in [2.05, 4.69) is 5.43 Å². The fourth-order valence-corrected chi connectivity index (χ4v) is 3.33. The first-order chi connectivity index (χ1) is 15.0. The van der Waals surface area contributed by atoms with Gasteiger partial charge in [0.1, 0.15) is 12.2 Å². The Morgan fingerprint density at radius 3 is 2.52 bits per heavy atom. The van der Waals surface area contributed by atoms with Crippen LogP contribution in [0.1, 0.15) is 11.1 Å². The molecular formula is C24H19ClN2O4. The Kier molecular flexibility index (Phi) is 5.91. The van der Waals surface area contributed by atoms with Crippen LogP contribution < -0.4 is 19.9 Å². The van der Waals surface area contributed by atoms with Crippen molar-refractivity contribution in [1.82, 2.24) is 5.43 Å². The van der Waals surface area contributed by atoms with Crippen LogP contribution in [0.4, 0.5) is 5.69 Å². The molecule has 4 rings (SSSR count). The lowest BCUT2D eigenvalue weighted by atomic mass is 10.1. The number of anilines is 1. The molecule has 3 aromatic carbocycles. The summed E-state index contributed by atoms with van der Waals surface area (Å²) in [6.07, 6.45) is 1.52. The van der Waals surface area contributed by atoms with Gasteiger partial charge in [-0.2, -0.15) is 0 Å². The smallest absolute Gasteiger partial charge is 0.282 e. The Morgan fingerprint density at radius 1 is 0.968 bits per heavy atom. The van der Waals surface area contributed by atoms with Crippen molar-refractivity contribution in [2.45, 2.75) is 6.61 Å². The van der Waals surface area contributed by atoms with Gasteiger partial charge in [-0.1, -0.05) is 54.1 Å². The molecule has 1 saturated heterocycles. The highest BCUT2D eigenvalue weighted by Gasteiger charge is 2.34. The van der Waals surface area contributed by atoms with Crippen LogP contribution in [0.25, 0.3) is 6.08 Å². The van der Waals surface area contributed by atoms with Crippen LogP contribution in [0.5, 0.6) is 11.5 Å². The SMILES string of the molecule is COc1cc(/C=C2/C(=O)NN(c3cccc(Cl)c3)C2=O)ccc1OCc1ccccc1. The van der Waals surface area contributed by atoms with Crippen molar-refractivity contribution in [3.05, 3.63) is 94.5 Å². The largest absolute Gasteiger partial charge is 0.493 e. The highest BCUT2D eigenvalue weighted by atomic mass is 35.5. The van der Waals surface area contributed by atoms with Gasteiger partial charge in [-0.15, -0.1) is 0 Å². The summed E-state index contributed by atoms with van der Waals surface area (Å²) in [6.45, 7) is 0.396. The van der Waals surface area contributed by atoms with Gasteiger partial charge in [0.15, 0.2) is 11.5 Å². The van der Waals surface area contributed by atoms with Crippen molar-refractivity contribution < 1.29 is 19.1 Å². The molecule has 0 unspecified atom stereocenters. The van der Waals surface area contributed by atoms with Crippen LogP contribution in [0.15, 0.2) is 78.4 Å². The van der Waals surface area contributed by atoms with Gasteiger partial charge >= 0.3 is 0 Å². The summed E-state index contributed by atoms with van der Waals surface area (Å²) in [7, 11) is 1.54. The molecule has 0 saturated carbocycles. The number of hydrazine groups is 1. The number of hydrogen-bond acceptors (Lipinski definition) is 4. The number of ether oxygens (including phenoxy) is 2. The van der Waals surface area contributed by atoms with Gasteiger partial charge in [0.25, 0.3) is 11.8 Å². The summed E-state index contributed by atoms with van der Waals surface area (Å²) in [4.78, 5) is 25.2. The first-order valence-electron chi connectivity index (χ1n) is 9.52. The Morgan fingerprint density at radius 2 is 1.77 bits per heavy atom. The van der Waals surface area contributed by atoms with Crippen molar-refractivity contribution in [1.29, 1.82) is 0 Å². The third kappa shape index (κ3) is 4.54. The predicted octanol–water partition coefficient (Wildman–Crippen LogP) is 4.39. The third-order valence-electron chi connectivity index (χ3n) is 4.69. The molecule has 3 aromatic rings. The lowest BCUT2D eigenvalue weighted by Gasteiger charge is -2.14. The van der Waals surface area contributed by atoms with E-state index in [9.17, 15) is 9.59 Å². The Balaban J connectivity index is 1.55. The van der Waals surface area contributed by atoms with E-state index in [1.807, 2.05) is 30.3 Å². The number of carbonyl (C=O) groups excluding carboxylic acids is 2. The normalized spacial score (nSPS) is 14.6. The summed E-state index contributed by atoms with van der Waals surface area (Å²) in [5.41, 5.74) is 4.72. The van der Waals surface area contributed by atoms with Gasteiger partial charge in [-0.25, -0.2) is 5.01 Å². The highest BCUT2D eigenvalue weighted by molar-refractivity contribution is 6.33. The van der Waals surface area contributed by atoms with E-state index in [1.54, 1.807) is 42.5 Å². The lowest BCUT2D eigenvalue weighted by Crippen LogP contribution is -2.35. The molecule has 0 bridgehead atoms. The summed E-state index contributed by atoms with van der Waals surface area (Å²) in [5, 5.41) is 1.64.